The molecule has 2 unspecified atom stereocenters. The van der Waals surface area contributed by atoms with Gasteiger partial charge in [-0.2, -0.15) is 13.2 Å². The Kier molecular flexibility index (Phi) is 5.76. The van der Waals surface area contributed by atoms with Gasteiger partial charge in [0.1, 0.15) is 0 Å². The molecule has 0 aliphatic rings. The van der Waals surface area contributed by atoms with E-state index in [9.17, 15) is 27.9 Å². The Labute approximate surface area is 131 Å². The standard InChI is InChI=1S/C15H18F3NO4/c1-9(12(20)19-8-14(2,23)13(21)22)6-10-4-3-5-11(7-10)15(16,17)18/h3-5,7,9,23H,6,8H2,1-2H3,(H,19,20)(H,21,22). The molecule has 128 valence electrons. The first-order chi connectivity index (χ1) is 10.4. The van der Waals surface area contributed by atoms with Crippen LogP contribution in [0.15, 0.2) is 24.3 Å². The minimum atomic E-state index is -4.46. The first kappa shape index (κ1) is 19.0. The minimum Gasteiger partial charge on any atom is -0.479 e. The highest BCUT2D eigenvalue weighted by atomic mass is 19.4. The van der Waals surface area contributed by atoms with Gasteiger partial charge in [-0.15, -0.1) is 0 Å². The van der Waals surface area contributed by atoms with Crippen molar-refractivity contribution in [3.05, 3.63) is 35.4 Å². The van der Waals surface area contributed by atoms with Crippen molar-refractivity contribution in [2.45, 2.75) is 32.0 Å². The predicted octanol–water partition coefficient (Wildman–Crippen LogP) is 1.84. The number of aliphatic carboxylic acids is 1. The van der Waals surface area contributed by atoms with Gasteiger partial charge in [-0.3, -0.25) is 4.79 Å². The average Bonchev–Trinajstić information content (AvgIpc) is 2.44. The Balaban J connectivity index is 2.67. The van der Waals surface area contributed by atoms with Crippen LogP contribution in [0, 0.1) is 5.92 Å². The molecule has 0 saturated carbocycles. The second-order valence-corrected chi connectivity index (χ2v) is 5.60. The summed E-state index contributed by atoms with van der Waals surface area (Å²) in [5.41, 5.74) is -2.56. The molecule has 2 atom stereocenters. The topological polar surface area (TPSA) is 86.6 Å². The highest BCUT2D eigenvalue weighted by Crippen LogP contribution is 2.30. The van der Waals surface area contributed by atoms with Gasteiger partial charge in [0.05, 0.1) is 12.1 Å². The number of carbonyl (C=O) groups excluding carboxylic acids is 1. The van der Waals surface area contributed by atoms with E-state index in [0.29, 0.717) is 5.56 Å². The maximum Gasteiger partial charge on any atom is 0.416 e. The Bertz CT molecular complexity index is 584. The largest absolute Gasteiger partial charge is 0.479 e. The van der Waals surface area contributed by atoms with Crippen molar-refractivity contribution in [1.29, 1.82) is 0 Å². The summed E-state index contributed by atoms with van der Waals surface area (Å²) in [5.74, 6) is -2.71. The molecule has 1 amide bonds. The van der Waals surface area contributed by atoms with Crippen LogP contribution in [-0.2, 0) is 22.2 Å². The fraction of sp³-hybridized carbons (Fsp3) is 0.467. The van der Waals surface area contributed by atoms with Crippen molar-refractivity contribution in [3.63, 3.8) is 0 Å². The minimum absolute atomic E-state index is 0.0605. The molecule has 5 nitrogen and oxygen atoms in total. The smallest absolute Gasteiger partial charge is 0.416 e. The third-order valence-electron chi connectivity index (χ3n) is 3.31. The zero-order valence-electron chi connectivity index (χ0n) is 12.6. The monoisotopic (exact) mass is 333 g/mol. The molecule has 0 heterocycles. The molecule has 23 heavy (non-hydrogen) atoms. The molecule has 1 aromatic rings. The lowest BCUT2D eigenvalue weighted by Gasteiger charge is -2.20. The maximum absolute atomic E-state index is 12.6. The fourth-order valence-corrected chi connectivity index (χ4v) is 1.83. The van der Waals surface area contributed by atoms with E-state index in [0.717, 1.165) is 19.1 Å². The molecular formula is C15H18F3NO4. The number of nitrogens with one attached hydrogen (secondary N) is 1. The van der Waals surface area contributed by atoms with E-state index in [1.807, 2.05) is 0 Å². The number of benzene rings is 1. The molecule has 8 heteroatoms. The van der Waals surface area contributed by atoms with Gasteiger partial charge in [0.15, 0.2) is 5.60 Å². The Morgan fingerprint density at radius 2 is 1.91 bits per heavy atom. The molecule has 1 rings (SSSR count). The van der Waals surface area contributed by atoms with Crippen LogP contribution < -0.4 is 5.32 Å². The molecule has 0 aliphatic heterocycles. The molecule has 0 radical (unpaired) electrons. The van der Waals surface area contributed by atoms with E-state index in [4.69, 9.17) is 5.11 Å². The summed E-state index contributed by atoms with van der Waals surface area (Å²) in [7, 11) is 0. The summed E-state index contributed by atoms with van der Waals surface area (Å²) < 4.78 is 37.9. The zero-order valence-corrected chi connectivity index (χ0v) is 12.6. The summed E-state index contributed by atoms with van der Waals surface area (Å²) in [6.07, 6.45) is -4.40. The summed E-state index contributed by atoms with van der Waals surface area (Å²) in [6.45, 7) is 2.05. The second kappa shape index (κ2) is 6.99. The van der Waals surface area contributed by atoms with Gasteiger partial charge in [0.25, 0.3) is 0 Å². The Hall–Kier alpha value is -2.09. The van der Waals surface area contributed by atoms with Crippen molar-refractivity contribution in [2.24, 2.45) is 5.92 Å². The summed E-state index contributed by atoms with van der Waals surface area (Å²) in [6, 6.07) is 4.65. The van der Waals surface area contributed by atoms with Crippen LogP contribution in [0.1, 0.15) is 25.0 Å². The van der Waals surface area contributed by atoms with Crippen LogP contribution in [0.3, 0.4) is 0 Å². The number of hydrogen-bond acceptors (Lipinski definition) is 3. The molecule has 0 aliphatic carbocycles. The number of carboxylic acid groups (broad SMARTS) is 1. The lowest BCUT2D eigenvalue weighted by molar-refractivity contribution is -0.156. The van der Waals surface area contributed by atoms with Gasteiger partial charge < -0.3 is 15.5 Å². The Morgan fingerprint density at radius 1 is 1.30 bits per heavy atom. The molecule has 3 N–H and O–H groups in total. The molecule has 0 spiro atoms. The number of halogens is 3. The number of rotatable bonds is 6. The van der Waals surface area contributed by atoms with Crippen LogP contribution in [0.2, 0.25) is 0 Å². The van der Waals surface area contributed by atoms with E-state index in [1.54, 1.807) is 0 Å². The van der Waals surface area contributed by atoms with E-state index >= 15 is 0 Å². The van der Waals surface area contributed by atoms with Gasteiger partial charge in [-0.05, 0) is 25.0 Å². The van der Waals surface area contributed by atoms with Crippen molar-refractivity contribution in [3.8, 4) is 0 Å². The highest BCUT2D eigenvalue weighted by Gasteiger charge is 2.32. The van der Waals surface area contributed by atoms with Crippen LogP contribution in [-0.4, -0.2) is 34.2 Å². The van der Waals surface area contributed by atoms with Gasteiger partial charge >= 0.3 is 12.1 Å². The van der Waals surface area contributed by atoms with Gasteiger partial charge in [-0.1, -0.05) is 25.1 Å². The molecule has 0 bridgehead atoms. The van der Waals surface area contributed by atoms with Gasteiger partial charge in [0.2, 0.25) is 5.91 Å². The number of alkyl halides is 3. The number of aliphatic hydroxyl groups is 1. The van der Waals surface area contributed by atoms with Crippen LogP contribution in [0.4, 0.5) is 13.2 Å². The second-order valence-electron chi connectivity index (χ2n) is 5.60. The predicted molar refractivity (Wildman–Crippen MR) is 75.6 cm³/mol. The third kappa shape index (κ3) is 5.55. The summed E-state index contributed by atoms with van der Waals surface area (Å²) >= 11 is 0. The molecule has 0 saturated heterocycles. The highest BCUT2D eigenvalue weighted by molar-refractivity contribution is 5.81. The lowest BCUT2D eigenvalue weighted by atomic mass is 9.98. The number of carbonyl (C=O) groups is 2. The first-order valence-electron chi connectivity index (χ1n) is 6.83. The summed E-state index contributed by atoms with van der Waals surface area (Å²) in [5, 5.41) is 20.5. The SMILES string of the molecule is CC(Cc1cccc(C(F)(F)F)c1)C(=O)NCC(C)(O)C(=O)O. The quantitative estimate of drug-likeness (QED) is 0.741. The van der Waals surface area contributed by atoms with E-state index in [2.05, 4.69) is 5.32 Å². The summed E-state index contributed by atoms with van der Waals surface area (Å²) in [4.78, 5) is 22.6. The number of carboxylic acids is 1. The van der Waals surface area contributed by atoms with Crippen molar-refractivity contribution in [1.82, 2.24) is 5.32 Å². The van der Waals surface area contributed by atoms with E-state index < -0.39 is 41.7 Å². The lowest BCUT2D eigenvalue weighted by Crippen LogP contribution is -2.47. The fourth-order valence-electron chi connectivity index (χ4n) is 1.83. The van der Waals surface area contributed by atoms with Crippen LogP contribution >= 0.6 is 0 Å². The van der Waals surface area contributed by atoms with Crippen molar-refractivity contribution >= 4 is 11.9 Å². The first-order valence-corrected chi connectivity index (χ1v) is 6.83. The van der Waals surface area contributed by atoms with E-state index in [1.165, 1.54) is 19.1 Å². The van der Waals surface area contributed by atoms with Crippen molar-refractivity contribution < 1.29 is 33.0 Å². The van der Waals surface area contributed by atoms with Crippen LogP contribution in [0.25, 0.3) is 0 Å². The molecule has 0 aromatic heterocycles. The van der Waals surface area contributed by atoms with Crippen LogP contribution in [0.5, 0.6) is 0 Å². The van der Waals surface area contributed by atoms with E-state index in [-0.39, 0.29) is 6.42 Å². The number of amides is 1. The number of hydrogen-bond donors (Lipinski definition) is 3. The average molecular weight is 333 g/mol. The maximum atomic E-state index is 12.6. The zero-order chi connectivity index (χ0) is 17.8. The van der Waals surface area contributed by atoms with Gasteiger partial charge in [-0.25, -0.2) is 4.79 Å². The Morgan fingerprint density at radius 3 is 2.43 bits per heavy atom. The van der Waals surface area contributed by atoms with Crippen molar-refractivity contribution in [2.75, 3.05) is 6.54 Å². The molecule has 1 aromatic carbocycles. The normalized spacial score (nSPS) is 15.6. The van der Waals surface area contributed by atoms with Gasteiger partial charge in [0, 0.05) is 5.92 Å². The molecule has 0 fully saturated rings. The molecular weight excluding hydrogens is 315 g/mol. The third-order valence-corrected chi connectivity index (χ3v) is 3.31.